The molecule has 0 amide bonds. The van der Waals surface area contributed by atoms with Crippen molar-refractivity contribution in [2.24, 2.45) is 5.92 Å². The molecule has 4 aromatic rings. The lowest BCUT2D eigenvalue weighted by Gasteiger charge is -2.47. The van der Waals surface area contributed by atoms with E-state index in [0.29, 0.717) is 5.92 Å². The molecule has 0 saturated carbocycles. The van der Waals surface area contributed by atoms with Crippen molar-refractivity contribution < 1.29 is 0 Å². The van der Waals surface area contributed by atoms with Crippen LogP contribution in [0.4, 0.5) is 28.4 Å². The molecule has 0 radical (unpaired) electrons. The van der Waals surface area contributed by atoms with Gasteiger partial charge < -0.3 is 9.80 Å². The smallest absolute Gasteiger partial charge is 0.259 e. The summed E-state index contributed by atoms with van der Waals surface area (Å²) in [5, 5.41) is 0. The first-order valence-corrected chi connectivity index (χ1v) is 18.0. The second-order valence-electron chi connectivity index (χ2n) is 15.7. The highest BCUT2D eigenvalue weighted by Gasteiger charge is 2.55. The van der Waals surface area contributed by atoms with E-state index in [1.807, 2.05) is 0 Å². The topological polar surface area (TPSA) is 6.48 Å². The Hall–Kier alpha value is -3.63. The second-order valence-corrected chi connectivity index (χ2v) is 17.3. The van der Waals surface area contributed by atoms with Crippen LogP contribution in [0.5, 0.6) is 0 Å². The van der Waals surface area contributed by atoms with Crippen LogP contribution in [-0.4, -0.2) is 11.5 Å². The van der Waals surface area contributed by atoms with Crippen LogP contribution in [-0.2, 0) is 10.8 Å². The molecule has 46 heavy (non-hydrogen) atoms. The number of rotatable bonds is 2. The highest BCUT2D eigenvalue weighted by atomic mass is 32.2. The minimum atomic E-state index is 0.0538. The Morgan fingerprint density at radius 3 is 2.11 bits per heavy atom. The molecule has 0 spiro atoms. The number of aryl methyl sites for hydroxylation is 1. The minimum Gasteiger partial charge on any atom is -0.314 e. The van der Waals surface area contributed by atoms with Crippen molar-refractivity contribution in [1.82, 2.24) is 0 Å². The van der Waals surface area contributed by atoms with Gasteiger partial charge in [0.15, 0.2) is 0 Å². The van der Waals surface area contributed by atoms with E-state index in [1.54, 1.807) is 10.4 Å². The van der Waals surface area contributed by atoms with Gasteiger partial charge >= 0.3 is 0 Å². The summed E-state index contributed by atoms with van der Waals surface area (Å²) in [6.45, 7) is 14.9. The monoisotopic (exact) mass is 618 g/mol. The molecule has 4 heteroatoms. The van der Waals surface area contributed by atoms with Gasteiger partial charge in [-0.1, -0.05) is 88.4 Å². The Bertz CT molecular complexity index is 1990. The Labute approximate surface area is 279 Å². The zero-order valence-corrected chi connectivity index (χ0v) is 28.8. The number of nitrogens with zero attached hydrogens (tertiary/aromatic N) is 2. The highest BCUT2D eigenvalue weighted by molar-refractivity contribution is 8.07. The van der Waals surface area contributed by atoms with Gasteiger partial charge in [0.05, 0.1) is 0 Å². The van der Waals surface area contributed by atoms with Gasteiger partial charge in [-0.25, -0.2) is 0 Å². The van der Waals surface area contributed by atoms with Gasteiger partial charge in [-0.2, -0.15) is 0 Å². The fraction of sp³-hybridized carbons (Fsp3) is 0.333. The lowest BCUT2D eigenvalue weighted by atomic mass is 9.36. The Morgan fingerprint density at radius 1 is 0.717 bits per heavy atom. The summed E-state index contributed by atoms with van der Waals surface area (Å²) in [4.78, 5) is 6.82. The molecule has 0 N–H and O–H groups in total. The van der Waals surface area contributed by atoms with Gasteiger partial charge in [0.2, 0.25) is 0 Å². The van der Waals surface area contributed by atoms with E-state index < -0.39 is 0 Å². The molecule has 2 unspecified atom stereocenters. The first-order chi connectivity index (χ1) is 22.1. The minimum absolute atomic E-state index is 0.0538. The van der Waals surface area contributed by atoms with Crippen LogP contribution in [0.2, 0.25) is 0 Å². The van der Waals surface area contributed by atoms with Crippen molar-refractivity contribution in [3.8, 4) is 0 Å². The largest absolute Gasteiger partial charge is 0.314 e. The number of para-hydroxylation sites is 2. The van der Waals surface area contributed by atoms with E-state index >= 15 is 0 Å². The molecule has 9 rings (SSSR count). The number of anilines is 5. The molecule has 0 saturated heterocycles. The molecule has 3 heterocycles. The summed E-state index contributed by atoms with van der Waals surface area (Å²) in [7, 11) is 0. The standard InChI is InChI=1S/C42H43BN2S/c1-27-15-10-11-19-33(27)45-35-21-14-20-34-37(35)43(39-38(45)29-18-12-13-22-42(29,6)46-39)32-25-30-31(41(4,5)24-23-40(30,2)3)26-36(32)44(34)28-16-8-7-9-17-28/h7-11,13-17,19-22,25-26,29H,12,18,23-24H2,1-6H3. The van der Waals surface area contributed by atoms with Gasteiger partial charge in [-0.05, 0) is 119 Å². The third-order valence-corrected chi connectivity index (χ3v) is 13.5. The summed E-state index contributed by atoms with van der Waals surface area (Å²) >= 11 is 2.15. The van der Waals surface area contributed by atoms with Crippen LogP contribution >= 0.6 is 11.8 Å². The molecule has 3 aliphatic heterocycles. The fourth-order valence-electron chi connectivity index (χ4n) is 9.32. The van der Waals surface area contributed by atoms with Crippen LogP contribution in [0, 0.1) is 12.8 Å². The number of fused-ring (bicyclic) bond motifs is 6. The van der Waals surface area contributed by atoms with Crippen LogP contribution < -0.4 is 20.7 Å². The van der Waals surface area contributed by atoms with Crippen LogP contribution in [0.3, 0.4) is 0 Å². The number of thioether (sulfide) groups is 1. The molecule has 2 aliphatic carbocycles. The molecule has 230 valence electrons. The van der Waals surface area contributed by atoms with Crippen LogP contribution in [0.15, 0.2) is 108 Å². The van der Waals surface area contributed by atoms with Crippen molar-refractivity contribution in [1.29, 1.82) is 0 Å². The normalized spacial score (nSPS) is 24.7. The molecule has 4 aromatic carbocycles. The zero-order valence-electron chi connectivity index (χ0n) is 28.0. The third kappa shape index (κ3) is 3.86. The van der Waals surface area contributed by atoms with Crippen LogP contribution in [0.1, 0.15) is 77.0 Å². The van der Waals surface area contributed by atoms with E-state index in [-0.39, 0.29) is 22.3 Å². The molecule has 0 aromatic heterocycles. The lowest BCUT2D eigenvalue weighted by Crippen LogP contribution is -2.56. The molecule has 0 fully saturated rings. The van der Waals surface area contributed by atoms with Gasteiger partial charge in [-0.3, -0.25) is 0 Å². The SMILES string of the molecule is Cc1ccccc1N1C2=C(SC3(C)C=CCCC23)B2c3cc4c(cc3N(c3ccccc3)c3cccc1c32)C(C)(C)CCC4(C)C. The highest BCUT2D eigenvalue weighted by Crippen LogP contribution is 2.61. The number of allylic oxidation sites excluding steroid dienone is 2. The van der Waals surface area contributed by atoms with E-state index in [0.717, 1.165) is 6.42 Å². The predicted octanol–water partition coefficient (Wildman–Crippen LogP) is 10.1. The average molecular weight is 619 g/mol. The summed E-state index contributed by atoms with van der Waals surface area (Å²) in [5.41, 5.74) is 15.7. The summed E-state index contributed by atoms with van der Waals surface area (Å²) < 4.78 is 0.0538. The number of hydrogen-bond donors (Lipinski definition) is 0. The fourth-order valence-corrected chi connectivity index (χ4v) is 11.0. The zero-order chi connectivity index (χ0) is 31.6. The number of benzene rings is 4. The average Bonchev–Trinajstić information content (AvgIpc) is 3.36. The quantitative estimate of drug-likeness (QED) is 0.163. The van der Waals surface area contributed by atoms with E-state index in [9.17, 15) is 0 Å². The molecule has 2 nitrogen and oxygen atoms in total. The molecule has 2 atom stereocenters. The second kappa shape index (κ2) is 9.70. The lowest BCUT2D eigenvalue weighted by molar-refractivity contribution is 0.332. The Kier molecular flexibility index (Phi) is 6.03. The van der Waals surface area contributed by atoms with Crippen molar-refractivity contribution in [2.75, 3.05) is 9.80 Å². The van der Waals surface area contributed by atoms with Gasteiger partial charge in [0.25, 0.3) is 6.71 Å². The van der Waals surface area contributed by atoms with Crippen molar-refractivity contribution in [3.63, 3.8) is 0 Å². The van der Waals surface area contributed by atoms with Crippen LogP contribution in [0.25, 0.3) is 0 Å². The summed E-state index contributed by atoms with van der Waals surface area (Å²) in [5.74, 6) is 0.470. The summed E-state index contributed by atoms with van der Waals surface area (Å²) in [6, 6.07) is 32.5. The molecular formula is C42H43BN2S. The maximum Gasteiger partial charge on any atom is 0.259 e. The van der Waals surface area contributed by atoms with Crippen molar-refractivity contribution >= 4 is 57.8 Å². The van der Waals surface area contributed by atoms with Crippen molar-refractivity contribution in [3.05, 3.63) is 124 Å². The van der Waals surface area contributed by atoms with Crippen molar-refractivity contribution in [2.45, 2.75) is 82.8 Å². The Morgan fingerprint density at radius 2 is 1.37 bits per heavy atom. The maximum absolute atomic E-state index is 2.68. The third-order valence-electron chi connectivity index (χ3n) is 11.9. The Balaban J connectivity index is 1.40. The van der Waals surface area contributed by atoms with E-state index in [1.165, 1.54) is 75.4 Å². The first-order valence-electron chi connectivity index (χ1n) is 17.2. The van der Waals surface area contributed by atoms with Gasteiger partial charge in [0.1, 0.15) is 0 Å². The summed E-state index contributed by atoms with van der Waals surface area (Å²) in [6.07, 6.45) is 9.73. The van der Waals surface area contributed by atoms with E-state index in [2.05, 4.69) is 160 Å². The first kappa shape index (κ1) is 28.6. The number of hydrogen-bond acceptors (Lipinski definition) is 3. The molecular weight excluding hydrogens is 575 g/mol. The van der Waals surface area contributed by atoms with E-state index in [4.69, 9.17) is 0 Å². The molecule has 0 bridgehead atoms. The predicted molar refractivity (Wildman–Crippen MR) is 200 cm³/mol. The molecule has 5 aliphatic rings. The maximum atomic E-state index is 2.68. The van der Waals surface area contributed by atoms with Gasteiger partial charge in [-0.15, -0.1) is 11.8 Å². The van der Waals surface area contributed by atoms with Gasteiger partial charge in [0, 0.05) is 44.8 Å².